The summed E-state index contributed by atoms with van der Waals surface area (Å²) in [7, 11) is 1.49. The molecule has 0 unspecified atom stereocenters. The maximum atomic E-state index is 12.6. The molecule has 0 aliphatic heterocycles. The maximum absolute atomic E-state index is 12.6. The number of nitrogens with one attached hydrogen (secondary N) is 2. The number of hydrogen-bond donors (Lipinski definition) is 2. The molecule has 2 aromatic heterocycles. The number of nitro groups is 1. The molecule has 2 amide bonds. The lowest BCUT2D eigenvalue weighted by Crippen LogP contribution is -2.21. The van der Waals surface area contributed by atoms with Gasteiger partial charge in [0.05, 0.1) is 23.5 Å². The van der Waals surface area contributed by atoms with Gasteiger partial charge in [0, 0.05) is 25.4 Å². The van der Waals surface area contributed by atoms with Crippen LogP contribution in [0.3, 0.4) is 0 Å². The minimum absolute atomic E-state index is 0.0458. The SMILES string of the molecule is CCn1cc(NC(=O)c2ccc(Cn3cc(Cl)c([N+](=O)[O-])n3)cc2)c(C(=O)NC)n1. The molecule has 2 heterocycles. The van der Waals surface area contributed by atoms with E-state index in [1.54, 1.807) is 35.1 Å². The zero-order valence-corrected chi connectivity index (χ0v) is 16.9. The van der Waals surface area contributed by atoms with Crippen LogP contribution >= 0.6 is 11.6 Å². The van der Waals surface area contributed by atoms with Gasteiger partial charge in [0.25, 0.3) is 11.8 Å². The second-order valence-electron chi connectivity index (χ2n) is 6.23. The van der Waals surface area contributed by atoms with Gasteiger partial charge in [-0.25, -0.2) is 0 Å². The topological polar surface area (TPSA) is 137 Å². The van der Waals surface area contributed by atoms with Crippen LogP contribution in [-0.2, 0) is 13.1 Å². The largest absolute Gasteiger partial charge is 0.408 e. The van der Waals surface area contributed by atoms with Gasteiger partial charge < -0.3 is 20.7 Å². The lowest BCUT2D eigenvalue weighted by molar-refractivity contribution is -0.389. The van der Waals surface area contributed by atoms with E-state index in [2.05, 4.69) is 20.8 Å². The van der Waals surface area contributed by atoms with Crippen molar-refractivity contribution >= 4 is 34.9 Å². The van der Waals surface area contributed by atoms with E-state index >= 15 is 0 Å². The van der Waals surface area contributed by atoms with E-state index in [0.29, 0.717) is 17.8 Å². The fraction of sp³-hybridized carbons (Fsp3) is 0.222. The number of anilines is 1. The average molecular weight is 432 g/mol. The van der Waals surface area contributed by atoms with Gasteiger partial charge in [-0.3, -0.25) is 14.3 Å². The lowest BCUT2D eigenvalue weighted by Gasteiger charge is -2.06. The zero-order valence-electron chi connectivity index (χ0n) is 16.1. The van der Waals surface area contributed by atoms with Crippen LogP contribution in [0.2, 0.25) is 5.02 Å². The van der Waals surface area contributed by atoms with Crippen molar-refractivity contribution in [3.8, 4) is 0 Å². The molecular weight excluding hydrogens is 414 g/mol. The third kappa shape index (κ3) is 4.46. The van der Waals surface area contributed by atoms with Crippen molar-refractivity contribution in [3.63, 3.8) is 0 Å². The average Bonchev–Trinajstić information content (AvgIpc) is 3.30. The van der Waals surface area contributed by atoms with Gasteiger partial charge in [0.15, 0.2) is 10.7 Å². The van der Waals surface area contributed by atoms with E-state index in [-0.39, 0.29) is 17.3 Å². The number of carbonyl (C=O) groups is 2. The lowest BCUT2D eigenvalue weighted by atomic mass is 10.1. The molecule has 0 aliphatic rings. The van der Waals surface area contributed by atoms with Crippen LogP contribution < -0.4 is 10.6 Å². The maximum Gasteiger partial charge on any atom is 0.408 e. The first-order chi connectivity index (χ1) is 14.3. The molecule has 0 aliphatic carbocycles. The molecule has 0 atom stereocenters. The highest BCUT2D eigenvalue weighted by molar-refractivity contribution is 6.32. The Kier molecular flexibility index (Phi) is 6.11. The van der Waals surface area contributed by atoms with E-state index in [9.17, 15) is 19.7 Å². The Morgan fingerprint density at radius 1 is 1.13 bits per heavy atom. The summed E-state index contributed by atoms with van der Waals surface area (Å²) in [6.07, 6.45) is 2.96. The molecule has 3 aromatic rings. The Balaban J connectivity index is 1.73. The van der Waals surface area contributed by atoms with Crippen molar-refractivity contribution in [1.82, 2.24) is 24.9 Å². The predicted octanol–water partition coefficient (Wildman–Crippen LogP) is 2.32. The van der Waals surface area contributed by atoms with E-state index < -0.39 is 22.6 Å². The number of benzene rings is 1. The van der Waals surface area contributed by atoms with Gasteiger partial charge in [0.2, 0.25) is 0 Å². The second-order valence-corrected chi connectivity index (χ2v) is 6.64. The fourth-order valence-corrected chi connectivity index (χ4v) is 2.92. The van der Waals surface area contributed by atoms with E-state index in [1.165, 1.54) is 17.9 Å². The summed E-state index contributed by atoms with van der Waals surface area (Å²) in [5.41, 5.74) is 1.58. The molecule has 3 rings (SSSR count). The van der Waals surface area contributed by atoms with Crippen LogP contribution in [0.1, 0.15) is 33.3 Å². The summed E-state index contributed by atoms with van der Waals surface area (Å²) >= 11 is 5.79. The Morgan fingerprint density at radius 3 is 2.40 bits per heavy atom. The Labute approximate surface area is 175 Å². The normalized spacial score (nSPS) is 10.6. The molecule has 0 radical (unpaired) electrons. The number of amides is 2. The van der Waals surface area contributed by atoms with E-state index in [1.807, 2.05) is 6.92 Å². The smallest absolute Gasteiger partial charge is 0.358 e. The number of nitrogens with zero attached hydrogens (tertiary/aromatic N) is 5. The molecule has 12 heteroatoms. The van der Waals surface area contributed by atoms with Gasteiger partial charge >= 0.3 is 5.82 Å². The first-order valence-corrected chi connectivity index (χ1v) is 9.27. The second kappa shape index (κ2) is 8.74. The Bertz CT molecular complexity index is 1100. The molecule has 0 fully saturated rings. The highest BCUT2D eigenvalue weighted by Gasteiger charge is 2.20. The molecule has 0 bridgehead atoms. The number of aryl methyl sites for hydroxylation is 1. The van der Waals surface area contributed by atoms with Gasteiger partial charge in [-0.15, -0.1) is 0 Å². The van der Waals surface area contributed by atoms with E-state index in [0.717, 1.165) is 5.56 Å². The summed E-state index contributed by atoms with van der Waals surface area (Å²) < 4.78 is 2.90. The van der Waals surface area contributed by atoms with Crippen LogP contribution in [0.15, 0.2) is 36.7 Å². The van der Waals surface area contributed by atoms with Crippen molar-refractivity contribution in [2.45, 2.75) is 20.0 Å². The van der Waals surface area contributed by atoms with Gasteiger partial charge in [-0.05, 0) is 29.5 Å². The van der Waals surface area contributed by atoms with Gasteiger partial charge in [0.1, 0.15) is 0 Å². The molecule has 11 nitrogen and oxygen atoms in total. The molecule has 0 spiro atoms. The van der Waals surface area contributed by atoms with E-state index in [4.69, 9.17) is 11.6 Å². The highest BCUT2D eigenvalue weighted by atomic mass is 35.5. The van der Waals surface area contributed by atoms with Crippen LogP contribution in [0, 0.1) is 10.1 Å². The third-order valence-electron chi connectivity index (χ3n) is 4.21. The van der Waals surface area contributed by atoms with Crippen LogP contribution in [0.25, 0.3) is 0 Å². The fourth-order valence-electron chi connectivity index (χ4n) is 2.70. The van der Waals surface area contributed by atoms with Crippen molar-refractivity contribution in [3.05, 3.63) is 68.6 Å². The zero-order chi connectivity index (χ0) is 21.8. The summed E-state index contributed by atoms with van der Waals surface area (Å²) in [6.45, 7) is 2.66. The molecule has 156 valence electrons. The molecule has 1 aromatic carbocycles. The highest BCUT2D eigenvalue weighted by Crippen LogP contribution is 2.22. The summed E-state index contributed by atoms with van der Waals surface area (Å²) in [5, 5.41) is 23.9. The van der Waals surface area contributed by atoms with Crippen molar-refractivity contribution in [2.24, 2.45) is 0 Å². The monoisotopic (exact) mass is 431 g/mol. The first-order valence-electron chi connectivity index (χ1n) is 8.89. The standard InChI is InChI=1S/C18H18ClN7O4/c1-3-24-10-14(15(22-24)18(28)20-2)21-17(27)12-6-4-11(5-7-12)8-25-9-13(19)16(23-25)26(29)30/h4-7,9-10H,3,8H2,1-2H3,(H,20,28)(H,21,27). The molecular formula is C18H18ClN7O4. The Hall–Kier alpha value is -3.73. The minimum Gasteiger partial charge on any atom is -0.358 e. The number of halogens is 1. The molecule has 30 heavy (non-hydrogen) atoms. The number of hydrogen-bond acceptors (Lipinski definition) is 6. The van der Waals surface area contributed by atoms with Crippen molar-refractivity contribution in [2.75, 3.05) is 12.4 Å². The van der Waals surface area contributed by atoms with Crippen LogP contribution in [0.4, 0.5) is 11.5 Å². The van der Waals surface area contributed by atoms with Crippen LogP contribution in [0.5, 0.6) is 0 Å². The summed E-state index contributed by atoms with van der Waals surface area (Å²) in [6, 6.07) is 6.61. The van der Waals surface area contributed by atoms with Crippen molar-refractivity contribution < 1.29 is 14.5 Å². The van der Waals surface area contributed by atoms with Gasteiger partial charge in [-0.1, -0.05) is 23.7 Å². The summed E-state index contributed by atoms with van der Waals surface area (Å²) in [5.74, 6) is -1.22. The minimum atomic E-state index is -0.653. The molecule has 2 N–H and O–H groups in total. The quantitative estimate of drug-likeness (QED) is 0.435. The number of rotatable bonds is 7. The van der Waals surface area contributed by atoms with Crippen molar-refractivity contribution in [1.29, 1.82) is 0 Å². The number of aromatic nitrogens is 4. The summed E-state index contributed by atoms with van der Waals surface area (Å²) in [4.78, 5) is 34.7. The van der Waals surface area contributed by atoms with Crippen LogP contribution in [-0.4, -0.2) is 43.3 Å². The molecule has 0 saturated carbocycles. The number of carbonyl (C=O) groups excluding carboxylic acids is 2. The molecule has 0 saturated heterocycles. The first kappa shape index (κ1) is 21.0. The third-order valence-corrected chi connectivity index (χ3v) is 4.48. The van der Waals surface area contributed by atoms with Gasteiger partial charge in [-0.2, -0.15) is 9.78 Å². The predicted molar refractivity (Wildman–Crippen MR) is 109 cm³/mol. The Morgan fingerprint density at radius 2 is 1.83 bits per heavy atom.